The molecular formula is C17H14N2O2. The lowest BCUT2D eigenvalue weighted by Gasteiger charge is -2.24. The van der Waals surface area contributed by atoms with Crippen LogP contribution in [0, 0.1) is 6.92 Å². The van der Waals surface area contributed by atoms with E-state index in [1.165, 1.54) is 5.56 Å². The van der Waals surface area contributed by atoms with Crippen LogP contribution >= 0.6 is 0 Å². The van der Waals surface area contributed by atoms with E-state index in [-0.39, 0.29) is 5.97 Å². The zero-order chi connectivity index (χ0) is 14.4. The third-order valence-electron chi connectivity index (χ3n) is 3.81. The molecule has 2 heterocycles. The van der Waals surface area contributed by atoms with Gasteiger partial charge in [-0.1, -0.05) is 23.8 Å². The smallest absolute Gasteiger partial charge is 0.341 e. The van der Waals surface area contributed by atoms with Crippen LogP contribution in [0.1, 0.15) is 27.7 Å². The molecule has 4 rings (SSSR count). The van der Waals surface area contributed by atoms with E-state index in [1.54, 1.807) is 6.07 Å². The first-order valence-electron chi connectivity index (χ1n) is 6.86. The van der Waals surface area contributed by atoms with Crippen molar-refractivity contribution in [2.75, 3.05) is 5.32 Å². The van der Waals surface area contributed by atoms with Gasteiger partial charge in [0.1, 0.15) is 0 Å². The first kappa shape index (κ1) is 12.0. The molecule has 0 aliphatic carbocycles. The predicted molar refractivity (Wildman–Crippen MR) is 81.3 cm³/mol. The number of anilines is 1. The fraction of sp³-hybridized carbons (Fsp3) is 0.118. The molecule has 0 bridgehead atoms. The molecule has 4 heteroatoms. The van der Waals surface area contributed by atoms with Crippen molar-refractivity contribution in [3.8, 4) is 0 Å². The SMILES string of the molecule is Cc1ccc(N[C@@H]2OC(=O)c3cccc4[nH]cc2c34)cc1. The Kier molecular flexibility index (Phi) is 2.51. The third kappa shape index (κ3) is 1.88. The molecule has 4 nitrogen and oxygen atoms in total. The summed E-state index contributed by atoms with van der Waals surface area (Å²) < 4.78 is 5.53. The van der Waals surface area contributed by atoms with Gasteiger partial charge in [0.25, 0.3) is 0 Å². The maximum atomic E-state index is 12.1. The number of rotatable bonds is 2. The number of H-pyrrole nitrogens is 1. The zero-order valence-corrected chi connectivity index (χ0v) is 11.5. The maximum absolute atomic E-state index is 12.1. The van der Waals surface area contributed by atoms with Crippen molar-refractivity contribution in [1.82, 2.24) is 4.98 Å². The number of esters is 1. The van der Waals surface area contributed by atoms with E-state index in [2.05, 4.69) is 10.3 Å². The number of benzene rings is 2. The van der Waals surface area contributed by atoms with Gasteiger partial charge in [0.15, 0.2) is 0 Å². The minimum Gasteiger partial charge on any atom is -0.434 e. The number of aromatic amines is 1. The van der Waals surface area contributed by atoms with Gasteiger partial charge >= 0.3 is 5.97 Å². The molecule has 0 radical (unpaired) electrons. The highest BCUT2D eigenvalue weighted by Gasteiger charge is 2.29. The van der Waals surface area contributed by atoms with E-state index in [1.807, 2.05) is 49.5 Å². The molecule has 1 aliphatic rings. The van der Waals surface area contributed by atoms with Crippen molar-refractivity contribution in [2.45, 2.75) is 13.2 Å². The summed E-state index contributed by atoms with van der Waals surface area (Å²) in [5.41, 5.74) is 4.64. The van der Waals surface area contributed by atoms with Gasteiger partial charge < -0.3 is 15.0 Å². The van der Waals surface area contributed by atoms with Crippen LogP contribution in [0.25, 0.3) is 10.9 Å². The Morgan fingerprint density at radius 2 is 1.95 bits per heavy atom. The van der Waals surface area contributed by atoms with Gasteiger partial charge in [0.05, 0.1) is 5.56 Å². The Morgan fingerprint density at radius 1 is 1.14 bits per heavy atom. The van der Waals surface area contributed by atoms with Crippen LogP contribution < -0.4 is 5.32 Å². The van der Waals surface area contributed by atoms with Crippen LogP contribution in [0.3, 0.4) is 0 Å². The molecule has 0 spiro atoms. The minimum absolute atomic E-state index is 0.294. The first-order valence-corrected chi connectivity index (χ1v) is 6.86. The van der Waals surface area contributed by atoms with E-state index in [9.17, 15) is 4.79 Å². The Morgan fingerprint density at radius 3 is 2.76 bits per heavy atom. The largest absolute Gasteiger partial charge is 0.434 e. The molecule has 2 aromatic carbocycles. The molecule has 0 saturated carbocycles. The van der Waals surface area contributed by atoms with E-state index in [0.717, 1.165) is 22.2 Å². The average molecular weight is 278 g/mol. The lowest BCUT2D eigenvalue weighted by Crippen LogP contribution is -2.22. The molecule has 0 saturated heterocycles. The Labute approximate surface area is 121 Å². The van der Waals surface area contributed by atoms with Crippen molar-refractivity contribution in [1.29, 1.82) is 0 Å². The van der Waals surface area contributed by atoms with Crippen molar-refractivity contribution in [3.05, 3.63) is 65.4 Å². The highest BCUT2D eigenvalue weighted by Crippen LogP contribution is 2.35. The fourth-order valence-electron chi connectivity index (χ4n) is 2.73. The number of cyclic esters (lactones) is 1. The molecule has 1 aliphatic heterocycles. The van der Waals surface area contributed by atoms with Crippen LogP contribution in [0.2, 0.25) is 0 Å². The van der Waals surface area contributed by atoms with Crippen LogP contribution in [-0.4, -0.2) is 11.0 Å². The number of carbonyl (C=O) groups excluding carboxylic acids is 1. The van der Waals surface area contributed by atoms with Gasteiger partial charge in [-0.25, -0.2) is 4.79 Å². The average Bonchev–Trinajstić information content (AvgIpc) is 2.92. The summed E-state index contributed by atoms with van der Waals surface area (Å²) in [5, 5.41) is 4.21. The Bertz CT molecular complexity index is 834. The molecule has 0 unspecified atom stereocenters. The minimum atomic E-state index is -0.469. The van der Waals surface area contributed by atoms with Crippen LogP contribution in [-0.2, 0) is 4.74 Å². The zero-order valence-electron chi connectivity index (χ0n) is 11.5. The van der Waals surface area contributed by atoms with Crippen LogP contribution in [0.4, 0.5) is 5.69 Å². The molecule has 1 aromatic heterocycles. The Balaban J connectivity index is 1.77. The molecule has 1 atom stereocenters. The monoisotopic (exact) mass is 278 g/mol. The Hall–Kier alpha value is -2.75. The number of nitrogens with one attached hydrogen (secondary N) is 2. The highest BCUT2D eigenvalue weighted by molar-refractivity contribution is 6.07. The number of ether oxygens (including phenoxy) is 1. The lowest BCUT2D eigenvalue weighted by atomic mass is 10.0. The quantitative estimate of drug-likeness (QED) is 0.702. The summed E-state index contributed by atoms with van der Waals surface area (Å²) in [6.07, 6.45) is 1.43. The van der Waals surface area contributed by atoms with Crippen molar-refractivity contribution in [2.24, 2.45) is 0 Å². The van der Waals surface area contributed by atoms with Crippen LogP contribution in [0.15, 0.2) is 48.7 Å². The molecule has 0 fully saturated rings. The summed E-state index contributed by atoms with van der Waals surface area (Å²) in [7, 11) is 0. The number of hydrogen-bond acceptors (Lipinski definition) is 3. The van der Waals surface area contributed by atoms with E-state index in [4.69, 9.17) is 4.74 Å². The van der Waals surface area contributed by atoms with E-state index < -0.39 is 6.23 Å². The molecule has 0 amide bonds. The van der Waals surface area contributed by atoms with Crippen LogP contribution in [0.5, 0.6) is 0 Å². The van der Waals surface area contributed by atoms with Gasteiger partial charge in [-0.2, -0.15) is 0 Å². The second-order valence-corrected chi connectivity index (χ2v) is 5.27. The van der Waals surface area contributed by atoms with Crippen molar-refractivity contribution in [3.63, 3.8) is 0 Å². The summed E-state index contributed by atoms with van der Waals surface area (Å²) >= 11 is 0. The van der Waals surface area contributed by atoms with E-state index in [0.29, 0.717) is 5.56 Å². The van der Waals surface area contributed by atoms with Gasteiger partial charge in [-0.05, 0) is 31.2 Å². The number of aromatic nitrogens is 1. The standard InChI is InChI=1S/C17H14N2O2/c1-10-5-7-11(8-6-10)19-16-13-9-18-14-4-2-3-12(15(13)14)17(20)21-16/h2-9,16,18-19H,1H3/t16-/m1/s1. The van der Waals surface area contributed by atoms with Crippen molar-refractivity contribution < 1.29 is 9.53 Å². The number of carbonyl (C=O) groups is 1. The summed E-state index contributed by atoms with van der Waals surface area (Å²) in [5.74, 6) is -0.294. The van der Waals surface area contributed by atoms with Gasteiger partial charge in [0, 0.05) is 28.4 Å². The van der Waals surface area contributed by atoms with Crippen molar-refractivity contribution >= 4 is 22.6 Å². The van der Waals surface area contributed by atoms with E-state index >= 15 is 0 Å². The second-order valence-electron chi connectivity index (χ2n) is 5.27. The highest BCUT2D eigenvalue weighted by atomic mass is 16.6. The molecule has 21 heavy (non-hydrogen) atoms. The predicted octanol–water partition coefficient (Wildman–Crippen LogP) is 3.76. The first-order chi connectivity index (χ1) is 10.2. The number of aryl methyl sites for hydroxylation is 1. The number of hydrogen-bond donors (Lipinski definition) is 2. The van der Waals surface area contributed by atoms with Gasteiger partial charge in [-0.3, -0.25) is 0 Å². The molecular weight excluding hydrogens is 264 g/mol. The molecule has 2 N–H and O–H groups in total. The maximum Gasteiger partial charge on any atom is 0.341 e. The van der Waals surface area contributed by atoms with Gasteiger partial charge in [-0.15, -0.1) is 0 Å². The fourth-order valence-corrected chi connectivity index (χ4v) is 2.73. The van der Waals surface area contributed by atoms with Gasteiger partial charge in [0.2, 0.25) is 6.23 Å². The lowest BCUT2D eigenvalue weighted by molar-refractivity contribution is 0.0344. The topological polar surface area (TPSA) is 54.1 Å². The summed E-state index contributed by atoms with van der Waals surface area (Å²) in [6, 6.07) is 13.6. The summed E-state index contributed by atoms with van der Waals surface area (Å²) in [4.78, 5) is 15.3. The third-order valence-corrected chi connectivity index (χ3v) is 3.81. The normalized spacial score (nSPS) is 16.8. The summed E-state index contributed by atoms with van der Waals surface area (Å²) in [6.45, 7) is 2.04. The molecule has 3 aromatic rings. The second kappa shape index (κ2) is 4.38. The molecule has 104 valence electrons.